The van der Waals surface area contributed by atoms with Gasteiger partial charge in [-0.1, -0.05) is 32.4 Å². The summed E-state index contributed by atoms with van der Waals surface area (Å²) >= 11 is 6.06. The molecule has 0 spiro atoms. The molecular weight excluding hydrogens is 362 g/mol. The van der Waals surface area contributed by atoms with E-state index in [1.165, 1.54) is 11.1 Å². The van der Waals surface area contributed by atoms with Crippen molar-refractivity contribution in [1.82, 2.24) is 19.7 Å². The molecule has 0 aliphatic carbocycles. The molecule has 1 unspecified atom stereocenters. The van der Waals surface area contributed by atoms with Crippen molar-refractivity contribution in [2.24, 2.45) is 5.41 Å². The third-order valence-corrected chi connectivity index (χ3v) is 4.49. The van der Waals surface area contributed by atoms with Crippen LogP contribution in [-0.4, -0.2) is 47.8 Å². The molecule has 0 aromatic carbocycles. The molecule has 0 bridgehead atoms. The van der Waals surface area contributed by atoms with Gasteiger partial charge in [-0.05, 0) is 18.5 Å². The molecule has 0 aliphatic rings. The topological polar surface area (TPSA) is 91.2 Å². The monoisotopic (exact) mass is 384 g/mol. The van der Waals surface area contributed by atoms with Crippen LogP contribution in [0.5, 0.6) is 0 Å². The minimum Gasteiger partial charge on any atom is -0.414 e. The summed E-state index contributed by atoms with van der Waals surface area (Å²) in [5.41, 5.74) is 0.831. The van der Waals surface area contributed by atoms with Gasteiger partial charge in [0.15, 0.2) is 5.15 Å². The van der Waals surface area contributed by atoms with Crippen LogP contribution in [0.25, 0.3) is 11.2 Å². The van der Waals surface area contributed by atoms with Crippen LogP contribution in [0.1, 0.15) is 27.2 Å². The molecule has 10 heteroatoms. The Bertz CT molecular complexity index is 732. The highest BCUT2D eigenvalue weighted by atomic mass is 35.5. The molecule has 8 nitrogen and oxygen atoms in total. The van der Waals surface area contributed by atoms with Crippen molar-refractivity contribution in [2.75, 3.05) is 11.9 Å². The summed E-state index contributed by atoms with van der Waals surface area (Å²) < 4.78 is 7.53. The minimum atomic E-state index is -0.805. The predicted molar refractivity (Wildman–Crippen MR) is 97.9 cm³/mol. The largest absolute Gasteiger partial charge is 0.414 e. The van der Waals surface area contributed by atoms with Gasteiger partial charge in [-0.2, -0.15) is 14.7 Å². The van der Waals surface area contributed by atoms with Crippen LogP contribution in [0, 0.1) is 5.41 Å². The molecule has 0 aliphatic heterocycles. The number of imidazole rings is 1. The normalized spacial score (nSPS) is 13.2. The summed E-state index contributed by atoms with van der Waals surface area (Å²) in [6.07, 6.45) is 2.80. The Morgan fingerprint density at radius 2 is 2.12 bits per heavy atom. The number of carbonyl (C=O) groups excluding carboxylic acids is 1. The van der Waals surface area contributed by atoms with Gasteiger partial charge in [0.1, 0.15) is 18.5 Å². The van der Waals surface area contributed by atoms with E-state index in [0.717, 1.165) is 6.42 Å². The predicted octanol–water partition coefficient (Wildman–Crippen LogP) is 2.55. The molecule has 137 valence electrons. The highest BCUT2D eigenvalue weighted by molar-refractivity contribution is 6.48. The van der Waals surface area contributed by atoms with Gasteiger partial charge < -0.3 is 9.26 Å². The second-order valence-corrected chi connectivity index (χ2v) is 9.26. The number of nitrogens with zero attached hydrogens (tertiary/aromatic N) is 4. The van der Waals surface area contributed by atoms with Gasteiger partial charge in [-0.15, -0.1) is 0 Å². The van der Waals surface area contributed by atoms with Crippen LogP contribution in [0.2, 0.25) is 18.2 Å². The van der Waals surface area contributed by atoms with Crippen LogP contribution < -0.4 is 10.2 Å². The molecule has 1 atom stereocenters. The average molecular weight is 385 g/mol. The Balaban J connectivity index is 2.11. The van der Waals surface area contributed by atoms with Gasteiger partial charge in [-0.25, -0.2) is 4.98 Å². The van der Waals surface area contributed by atoms with Crippen molar-refractivity contribution < 1.29 is 14.1 Å². The summed E-state index contributed by atoms with van der Waals surface area (Å²) in [7, 11) is -0.805. The highest BCUT2D eigenvalue weighted by Crippen LogP contribution is 2.25. The number of carbonyl (C=O) groups is 1. The number of anilines is 1. The summed E-state index contributed by atoms with van der Waals surface area (Å²) in [6, 6.07) is 0. The second kappa shape index (κ2) is 8.11. The van der Waals surface area contributed by atoms with Crippen LogP contribution in [0.3, 0.4) is 0 Å². The maximum Gasteiger partial charge on any atom is 0.232 e. The molecule has 0 fully saturated rings. The zero-order valence-corrected chi connectivity index (χ0v) is 16.8. The third-order valence-electron chi connectivity index (χ3n) is 3.47. The molecular formula is C15H23ClN5O3Si. The van der Waals surface area contributed by atoms with Crippen LogP contribution in [0.15, 0.2) is 6.33 Å². The maximum atomic E-state index is 10.6. The van der Waals surface area contributed by atoms with E-state index < -0.39 is 9.04 Å². The number of aromatic nitrogens is 4. The number of halogens is 1. The van der Waals surface area contributed by atoms with Crippen molar-refractivity contribution in [3.05, 3.63) is 11.5 Å². The molecule has 0 saturated carbocycles. The average Bonchev–Trinajstić information content (AvgIpc) is 2.89. The molecule has 1 N–H and O–H groups in total. The molecule has 1 amide bonds. The van der Waals surface area contributed by atoms with E-state index in [-0.39, 0.29) is 22.6 Å². The smallest absolute Gasteiger partial charge is 0.232 e. The van der Waals surface area contributed by atoms with E-state index in [1.807, 2.05) is 0 Å². The fraction of sp³-hybridized carbons (Fsp3) is 0.600. The van der Waals surface area contributed by atoms with E-state index in [0.29, 0.717) is 24.2 Å². The van der Waals surface area contributed by atoms with Crippen molar-refractivity contribution in [3.63, 3.8) is 0 Å². The first-order chi connectivity index (χ1) is 11.7. The number of amides is 1. The Morgan fingerprint density at radius 3 is 2.72 bits per heavy atom. The van der Waals surface area contributed by atoms with Crippen LogP contribution in [0.4, 0.5) is 5.95 Å². The van der Waals surface area contributed by atoms with Crippen molar-refractivity contribution in [2.45, 2.75) is 46.4 Å². The van der Waals surface area contributed by atoms with Gasteiger partial charge in [-0.3, -0.25) is 10.1 Å². The van der Waals surface area contributed by atoms with E-state index in [9.17, 15) is 4.79 Å². The second-order valence-electron chi connectivity index (χ2n) is 6.85. The van der Waals surface area contributed by atoms with E-state index in [2.05, 4.69) is 54.1 Å². The first-order valence-corrected chi connectivity index (χ1v) is 10.7. The zero-order valence-electron chi connectivity index (χ0n) is 15.0. The van der Waals surface area contributed by atoms with Crippen LogP contribution in [-0.2, 0) is 9.22 Å². The lowest BCUT2D eigenvalue weighted by Gasteiger charge is -2.32. The number of nitrogens with one attached hydrogen (secondary N) is 1. The number of hydrogen-bond acceptors (Lipinski definition) is 6. The van der Waals surface area contributed by atoms with Crippen molar-refractivity contribution >= 4 is 44.2 Å². The summed E-state index contributed by atoms with van der Waals surface area (Å²) in [5, 5.41) is 2.52. The first kappa shape index (κ1) is 19.6. The maximum absolute atomic E-state index is 10.6. The molecule has 2 aromatic rings. The van der Waals surface area contributed by atoms with E-state index in [4.69, 9.17) is 20.9 Å². The van der Waals surface area contributed by atoms with Gasteiger partial charge in [0, 0.05) is 6.42 Å². The van der Waals surface area contributed by atoms with E-state index in [1.54, 1.807) is 0 Å². The minimum absolute atomic E-state index is 0.0226. The summed E-state index contributed by atoms with van der Waals surface area (Å²) in [5.74, 6) is 0.0953. The Labute approximate surface area is 153 Å². The summed E-state index contributed by atoms with van der Waals surface area (Å²) in [4.78, 5) is 28.6. The highest BCUT2D eigenvalue weighted by Gasteiger charge is 2.26. The summed E-state index contributed by atoms with van der Waals surface area (Å²) in [6.45, 7) is 11.1. The van der Waals surface area contributed by atoms with E-state index >= 15 is 0 Å². The zero-order chi connectivity index (χ0) is 18.6. The van der Waals surface area contributed by atoms with Crippen molar-refractivity contribution in [3.8, 4) is 0 Å². The lowest BCUT2D eigenvalue weighted by molar-refractivity contribution is -0.105. The van der Waals surface area contributed by atoms with Crippen molar-refractivity contribution in [1.29, 1.82) is 0 Å². The number of rotatable bonds is 8. The molecule has 2 rings (SSSR count). The molecule has 25 heavy (non-hydrogen) atoms. The Morgan fingerprint density at radius 1 is 1.40 bits per heavy atom. The number of fused-ring (bicyclic) bond motifs is 1. The lowest BCUT2D eigenvalue weighted by atomic mass is 9.87. The van der Waals surface area contributed by atoms with Gasteiger partial charge in [0.2, 0.25) is 27.0 Å². The Hall–Kier alpha value is -1.71. The molecule has 0 saturated heterocycles. The number of hydrogen-bond donors (Lipinski definition) is 1. The first-order valence-electron chi connectivity index (χ1n) is 7.93. The third kappa shape index (κ3) is 5.13. The fourth-order valence-corrected chi connectivity index (χ4v) is 3.52. The lowest BCUT2D eigenvalue weighted by Crippen LogP contribution is -2.35. The quantitative estimate of drug-likeness (QED) is 0.427. The Kier molecular flexibility index (Phi) is 6.36. The van der Waals surface area contributed by atoms with Gasteiger partial charge in [0.25, 0.3) is 0 Å². The standard InChI is InChI=1S/C15H23ClN5O3Si/c1-15(2,3)10(24-25(4)5)6-7-23-21-8-17-11-12(16)19-14(18-9-22)20-13(11)21/h8-10H,6-7H2,1-5H3,(H,18,19,20,22). The molecule has 2 heterocycles. The fourth-order valence-electron chi connectivity index (χ4n) is 2.27. The molecule has 1 radical (unpaired) electrons. The van der Waals surface area contributed by atoms with Crippen LogP contribution >= 0.6 is 11.6 Å². The van der Waals surface area contributed by atoms with Gasteiger partial charge in [0.05, 0.1) is 6.10 Å². The SMILES string of the molecule is C[Si](C)OC(CCOn1cnc2c(Cl)nc(NC=O)nc21)C(C)(C)C. The molecule has 2 aromatic heterocycles. The van der Waals surface area contributed by atoms with Gasteiger partial charge >= 0.3 is 0 Å².